The lowest BCUT2D eigenvalue weighted by Crippen LogP contribution is -2.23. The summed E-state index contributed by atoms with van der Waals surface area (Å²) in [5.41, 5.74) is -0.754. The summed E-state index contributed by atoms with van der Waals surface area (Å²) in [5, 5.41) is 48.3. The Kier molecular flexibility index (Phi) is 6.93. The van der Waals surface area contributed by atoms with Crippen LogP contribution in [0.15, 0.2) is 24.3 Å². The fourth-order valence-corrected chi connectivity index (χ4v) is 2.29. The molecule has 0 radical (unpaired) electrons. The van der Waals surface area contributed by atoms with Crippen LogP contribution < -0.4 is 9.47 Å². The average molecular weight is 424 g/mol. The van der Waals surface area contributed by atoms with Crippen LogP contribution in [0, 0.1) is 0 Å². The second kappa shape index (κ2) is 9.20. The van der Waals surface area contributed by atoms with Crippen molar-refractivity contribution < 1.29 is 54.1 Å². The average Bonchev–Trinajstić information content (AvgIpc) is 2.68. The summed E-state index contributed by atoms with van der Waals surface area (Å²) in [6.45, 7) is 3.08. The molecule has 2 aromatic rings. The van der Waals surface area contributed by atoms with E-state index < -0.39 is 58.8 Å². The molecule has 5 N–H and O–H groups in total. The van der Waals surface area contributed by atoms with Gasteiger partial charge in [0, 0.05) is 7.11 Å². The van der Waals surface area contributed by atoms with Crippen molar-refractivity contribution in [3.8, 4) is 34.5 Å². The van der Waals surface area contributed by atoms with Gasteiger partial charge in [-0.3, -0.25) is 0 Å². The third kappa shape index (κ3) is 5.21. The van der Waals surface area contributed by atoms with E-state index in [1.165, 1.54) is 14.0 Å². The Balaban J connectivity index is 2.31. The Bertz CT molecular complexity index is 954. The predicted molar refractivity (Wildman–Crippen MR) is 99.1 cm³/mol. The van der Waals surface area contributed by atoms with Crippen LogP contribution in [-0.4, -0.2) is 57.2 Å². The third-order valence-electron chi connectivity index (χ3n) is 3.80. The fourth-order valence-electron chi connectivity index (χ4n) is 2.29. The lowest BCUT2D eigenvalue weighted by molar-refractivity contribution is -0.193. The number of phenolic OH excluding ortho intramolecular Hbond substituents is 4. The van der Waals surface area contributed by atoms with E-state index in [0.717, 1.165) is 24.3 Å². The smallest absolute Gasteiger partial charge is 0.343 e. The van der Waals surface area contributed by atoms with E-state index in [1.807, 2.05) is 0 Å². The van der Waals surface area contributed by atoms with Gasteiger partial charge in [0.2, 0.25) is 11.5 Å². The van der Waals surface area contributed by atoms with Crippen LogP contribution in [-0.2, 0) is 9.47 Å². The molecule has 2 unspecified atom stereocenters. The zero-order chi connectivity index (χ0) is 22.6. The fraction of sp³-hybridized carbons (Fsp3) is 0.263. The van der Waals surface area contributed by atoms with E-state index in [9.17, 15) is 30.0 Å². The van der Waals surface area contributed by atoms with Gasteiger partial charge in [-0.1, -0.05) is 0 Å². The minimum Gasteiger partial charge on any atom is -0.504 e. The molecule has 0 aliphatic heterocycles. The highest BCUT2D eigenvalue weighted by atomic mass is 16.8. The molecule has 0 fully saturated rings. The van der Waals surface area contributed by atoms with E-state index in [-0.39, 0.29) is 11.3 Å². The monoisotopic (exact) mass is 424 g/mol. The van der Waals surface area contributed by atoms with Gasteiger partial charge in [0.15, 0.2) is 35.6 Å². The molecule has 0 aromatic heterocycles. The number of carboxylic acids is 1. The molecule has 0 aliphatic rings. The molecule has 162 valence electrons. The first-order valence-electron chi connectivity index (χ1n) is 8.45. The number of carbonyl (C=O) groups excluding carboxylic acids is 1. The number of hydrogen-bond acceptors (Lipinski definition) is 10. The molecule has 2 rings (SSSR count). The second-order valence-electron chi connectivity index (χ2n) is 6.00. The van der Waals surface area contributed by atoms with Crippen molar-refractivity contribution in [1.82, 2.24) is 0 Å². The van der Waals surface area contributed by atoms with Gasteiger partial charge in [-0.2, -0.15) is 0 Å². The van der Waals surface area contributed by atoms with Crippen molar-refractivity contribution in [2.75, 3.05) is 7.11 Å². The normalized spacial score (nSPS) is 12.8. The number of aromatic hydroxyl groups is 4. The summed E-state index contributed by atoms with van der Waals surface area (Å²) < 4.78 is 20.5. The lowest BCUT2D eigenvalue weighted by Gasteiger charge is -2.20. The van der Waals surface area contributed by atoms with Crippen LogP contribution in [0.3, 0.4) is 0 Å². The molecule has 11 nitrogen and oxygen atoms in total. The van der Waals surface area contributed by atoms with Crippen LogP contribution in [0.25, 0.3) is 0 Å². The first-order chi connectivity index (χ1) is 14.0. The van der Waals surface area contributed by atoms with Crippen LogP contribution in [0.1, 0.15) is 34.6 Å². The number of carboxylic acid groups (broad SMARTS) is 1. The second-order valence-corrected chi connectivity index (χ2v) is 6.00. The summed E-state index contributed by atoms with van der Waals surface area (Å²) >= 11 is 0. The van der Waals surface area contributed by atoms with Gasteiger partial charge in [0.05, 0.1) is 11.1 Å². The van der Waals surface area contributed by atoms with Crippen LogP contribution in [0.5, 0.6) is 34.5 Å². The van der Waals surface area contributed by atoms with Gasteiger partial charge < -0.3 is 44.5 Å². The Morgan fingerprint density at radius 1 is 0.833 bits per heavy atom. The SMILES string of the molecule is COC(C)OC(C)Oc1cc(C(=O)Oc2cc(C(=O)O)cc(O)c2O)cc(O)c1O. The van der Waals surface area contributed by atoms with Gasteiger partial charge in [-0.05, 0) is 38.1 Å². The highest BCUT2D eigenvalue weighted by molar-refractivity contribution is 5.94. The highest BCUT2D eigenvalue weighted by Gasteiger charge is 2.22. The largest absolute Gasteiger partial charge is 0.504 e. The Labute approximate surface area is 170 Å². The van der Waals surface area contributed by atoms with Crippen molar-refractivity contribution in [3.63, 3.8) is 0 Å². The lowest BCUT2D eigenvalue weighted by atomic mass is 10.1. The molecule has 0 saturated heterocycles. The van der Waals surface area contributed by atoms with Crippen molar-refractivity contribution in [2.45, 2.75) is 26.4 Å². The number of esters is 1. The zero-order valence-electron chi connectivity index (χ0n) is 16.1. The van der Waals surface area contributed by atoms with Crippen LogP contribution >= 0.6 is 0 Å². The number of rotatable bonds is 8. The maximum atomic E-state index is 12.4. The summed E-state index contributed by atoms with van der Waals surface area (Å²) in [5.74, 6) is -6.57. The number of ether oxygens (including phenoxy) is 4. The molecule has 0 spiro atoms. The summed E-state index contributed by atoms with van der Waals surface area (Å²) in [6, 6.07) is 3.50. The number of hydrogen-bond donors (Lipinski definition) is 5. The van der Waals surface area contributed by atoms with Crippen molar-refractivity contribution in [3.05, 3.63) is 35.4 Å². The summed E-state index contributed by atoms with van der Waals surface area (Å²) in [6.07, 6.45) is -1.58. The van der Waals surface area contributed by atoms with Gasteiger partial charge in [-0.25, -0.2) is 9.59 Å². The first-order valence-corrected chi connectivity index (χ1v) is 8.45. The van der Waals surface area contributed by atoms with Crippen LogP contribution in [0.2, 0.25) is 0 Å². The molecule has 2 atom stereocenters. The first kappa shape index (κ1) is 22.6. The molecule has 11 heteroatoms. The van der Waals surface area contributed by atoms with Crippen molar-refractivity contribution >= 4 is 11.9 Å². The molecule has 0 heterocycles. The topological polar surface area (TPSA) is 172 Å². The Hall–Kier alpha value is -3.70. The Morgan fingerprint density at radius 3 is 1.93 bits per heavy atom. The van der Waals surface area contributed by atoms with E-state index in [2.05, 4.69) is 0 Å². The minimum atomic E-state index is -1.43. The maximum Gasteiger partial charge on any atom is 0.343 e. The Morgan fingerprint density at radius 2 is 1.37 bits per heavy atom. The number of methoxy groups -OCH3 is 1. The van der Waals surface area contributed by atoms with E-state index in [1.54, 1.807) is 6.92 Å². The number of carbonyl (C=O) groups is 2. The molecule has 0 bridgehead atoms. The number of benzene rings is 2. The molecule has 0 saturated carbocycles. The van der Waals surface area contributed by atoms with Gasteiger partial charge in [-0.15, -0.1) is 0 Å². The van der Waals surface area contributed by atoms with Crippen molar-refractivity contribution in [1.29, 1.82) is 0 Å². The molecular weight excluding hydrogens is 404 g/mol. The molecule has 0 aliphatic carbocycles. The highest BCUT2D eigenvalue weighted by Crippen LogP contribution is 2.39. The van der Waals surface area contributed by atoms with Gasteiger partial charge >= 0.3 is 11.9 Å². The third-order valence-corrected chi connectivity index (χ3v) is 3.80. The molecule has 30 heavy (non-hydrogen) atoms. The molecule has 2 aromatic carbocycles. The van der Waals surface area contributed by atoms with Gasteiger partial charge in [0.25, 0.3) is 0 Å². The molecular formula is C19H20O11. The minimum absolute atomic E-state index is 0.313. The van der Waals surface area contributed by atoms with Gasteiger partial charge in [0.1, 0.15) is 0 Å². The standard InChI is InChI=1S/C19H20O11/c1-8(27-3)28-9(2)29-14-7-11(5-13(21)16(14)22)19(26)30-15-6-10(18(24)25)4-12(20)17(15)23/h4-9,20-23H,1-3H3,(H,24,25). The summed E-state index contributed by atoms with van der Waals surface area (Å²) in [7, 11) is 1.41. The summed E-state index contributed by atoms with van der Waals surface area (Å²) in [4.78, 5) is 23.5. The quantitative estimate of drug-likeness (QED) is 0.182. The maximum absolute atomic E-state index is 12.4. The van der Waals surface area contributed by atoms with Crippen LogP contribution in [0.4, 0.5) is 0 Å². The molecule has 0 amide bonds. The number of phenols is 4. The van der Waals surface area contributed by atoms with E-state index in [4.69, 9.17) is 24.1 Å². The van der Waals surface area contributed by atoms with E-state index >= 15 is 0 Å². The zero-order valence-corrected chi connectivity index (χ0v) is 16.1. The predicted octanol–water partition coefficient (Wildman–Crippen LogP) is 2.16. The van der Waals surface area contributed by atoms with E-state index in [0.29, 0.717) is 0 Å². The number of aromatic carboxylic acids is 1. The van der Waals surface area contributed by atoms with Crippen molar-refractivity contribution in [2.24, 2.45) is 0 Å².